The minimum absolute atomic E-state index is 0.607. The number of hydrogen-bond acceptors (Lipinski definition) is 3. The predicted octanol–water partition coefficient (Wildman–Crippen LogP) is 2.62. The molecule has 0 radical (unpaired) electrons. The first kappa shape index (κ1) is 13.6. The van der Waals surface area contributed by atoms with Crippen LogP contribution in [0.2, 0.25) is 0 Å². The van der Waals surface area contributed by atoms with Crippen molar-refractivity contribution in [2.45, 2.75) is 44.8 Å². The molecule has 1 unspecified atom stereocenters. The van der Waals surface area contributed by atoms with Gasteiger partial charge in [0.05, 0.1) is 11.6 Å². The van der Waals surface area contributed by atoms with Gasteiger partial charge in [0.1, 0.15) is 0 Å². The molecule has 0 bridgehead atoms. The second-order valence-electron chi connectivity index (χ2n) is 6.21. The Balaban J connectivity index is 1.59. The lowest BCUT2D eigenvalue weighted by Gasteiger charge is -2.46. The van der Waals surface area contributed by atoms with Crippen molar-refractivity contribution in [2.24, 2.45) is 0 Å². The van der Waals surface area contributed by atoms with Gasteiger partial charge in [-0.1, -0.05) is 18.6 Å². The monoisotopic (exact) mass is 269 g/mol. The lowest BCUT2D eigenvalue weighted by molar-refractivity contribution is 0.0261. The zero-order valence-electron chi connectivity index (χ0n) is 12.3. The summed E-state index contributed by atoms with van der Waals surface area (Å²) in [6, 6.07) is 11.7. The third-order valence-corrected chi connectivity index (χ3v) is 4.83. The predicted molar refractivity (Wildman–Crippen MR) is 80.2 cm³/mol. The molecule has 1 saturated carbocycles. The zero-order chi connectivity index (χ0) is 13.9. The smallest absolute Gasteiger partial charge is 0.0991 e. The number of piperazine rings is 1. The first-order valence-electron chi connectivity index (χ1n) is 7.73. The molecule has 3 nitrogen and oxygen atoms in total. The number of hydrogen-bond donors (Lipinski definition) is 0. The average molecular weight is 269 g/mol. The Bertz CT molecular complexity index is 501. The molecule has 1 aliphatic heterocycles. The van der Waals surface area contributed by atoms with Crippen LogP contribution >= 0.6 is 0 Å². The highest BCUT2D eigenvalue weighted by Crippen LogP contribution is 2.27. The highest BCUT2D eigenvalue weighted by Gasteiger charge is 2.31. The Morgan fingerprint density at radius 1 is 1.30 bits per heavy atom. The van der Waals surface area contributed by atoms with Crippen LogP contribution in [-0.4, -0.2) is 41.5 Å². The first-order valence-corrected chi connectivity index (χ1v) is 7.73. The van der Waals surface area contributed by atoms with Crippen LogP contribution in [0.25, 0.3) is 0 Å². The van der Waals surface area contributed by atoms with E-state index in [4.69, 9.17) is 5.26 Å². The highest BCUT2D eigenvalue weighted by molar-refractivity contribution is 5.32. The molecule has 3 heteroatoms. The molecule has 0 N–H and O–H groups in total. The van der Waals surface area contributed by atoms with Crippen molar-refractivity contribution in [3.8, 4) is 6.07 Å². The van der Waals surface area contributed by atoms with Crippen LogP contribution in [0.5, 0.6) is 0 Å². The van der Waals surface area contributed by atoms with Crippen molar-refractivity contribution in [1.82, 2.24) is 9.80 Å². The van der Waals surface area contributed by atoms with Crippen molar-refractivity contribution >= 4 is 0 Å². The van der Waals surface area contributed by atoms with E-state index < -0.39 is 0 Å². The second kappa shape index (κ2) is 5.95. The summed E-state index contributed by atoms with van der Waals surface area (Å²) in [5.41, 5.74) is 2.02. The zero-order valence-corrected chi connectivity index (χ0v) is 12.3. The average Bonchev–Trinajstić information content (AvgIpc) is 2.40. The van der Waals surface area contributed by atoms with E-state index in [1.165, 1.54) is 37.9 Å². The molecule has 1 atom stereocenters. The van der Waals surface area contributed by atoms with Gasteiger partial charge in [-0.25, -0.2) is 0 Å². The summed E-state index contributed by atoms with van der Waals surface area (Å²) in [4.78, 5) is 5.22. The molecule has 1 aromatic carbocycles. The van der Waals surface area contributed by atoms with Crippen molar-refractivity contribution in [3.63, 3.8) is 0 Å². The van der Waals surface area contributed by atoms with Crippen molar-refractivity contribution in [3.05, 3.63) is 35.4 Å². The number of nitriles is 1. The topological polar surface area (TPSA) is 30.3 Å². The maximum atomic E-state index is 8.98. The minimum Gasteiger partial charge on any atom is -0.298 e. The molecule has 1 saturated heterocycles. The number of rotatable bonds is 3. The first-order chi connectivity index (χ1) is 9.76. The van der Waals surface area contributed by atoms with Crippen LogP contribution in [0.3, 0.4) is 0 Å². The van der Waals surface area contributed by atoms with Crippen LogP contribution in [-0.2, 0) is 6.54 Å². The third kappa shape index (κ3) is 2.87. The van der Waals surface area contributed by atoms with Crippen LogP contribution in [0.1, 0.15) is 37.3 Å². The number of benzene rings is 1. The molecule has 0 aromatic heterocycles. The molecular formula is C17H23N3. The van der Waals surface area contributed by atoms with E-state index in [2.05, 4.69) is 28.9 Å². The van der Waals surface area contributed by atoms with Crippen LogP contribution in [0, 0.1) is 11.3 Å². The molecule has 2 fully saturated rings. The van der Waals surface area contributed by atoms with E-state index in [1.807, 2.05) is 18.2 Å². The van der Waals surface area contributed by atoms with Gasteiger partial charge < -0.3 is 0 Å². The van der Waals surface area contributed by atoms with E-state index in [9.17, 15) is 0 Å². The van der Waals surface area contributed by atoms with E-state index >= 15 is 0 Å². The minimum atomic E-state index is 0.607. The molecule has 1 heterocycles. The lowest BCUT2D eigenvalue weighted by atomic mass is 9.90. The SMILES string of the molecule is CC1CN(C2CCC2)CCN1Cc1cccc(C#N)c1. The molecule has 106 valence electrons. The fourth-order valence-electron chi connectivity index (χ4n) is 3.32. The summed E-state index contributed by atoms with van der Waals surface area (Å²) in [6.07, 6.45) is 4.22. The second-order valence-corrected chi connectivity index (χ2v) is 6.21. The van der Waals surface area contributed by atoms with E-state index in [0.717, 1.165) is 24.7 Å². The van der Waals surface area contributed by atoms with Crippen LogP contribution < -0.4 is 0 Å². The van der Waals surface area contributed by atoms with Gasteiger partial charge >= 0.3 is 0 Å². The van der Waals surface area contributed by atoms with Crippen molar-refractivity contribution in [1.29, 1.82) is 5.26 Å². The molecule has 1 aliphatic carbocycles. The Hall–Kier alpha value is -1.37. The fraction of sp³-hybridized carbons (Fsp3) is 0.588. The van der Waals surface area contributed by atoms with Crippen molar-refractivity contribution in [2.75, 3.05) is 19.6 Å². The fourth-order valence-corrected chi connectivity index (χ4v) is 3.32. The van der Waals surface area contributed by atoms with Crippen molar-refractivity contribution < 1.29 is 0 Å². The maximum absolute atomic E-state index is 8.98. The van der Waals surface area contributed by atoms with Gasteiger partial charge in [-0.3, -0.25) is 9.80 Å². The van der Waals surface area contributed by atoms with Gasteiger partial charge in [-0.15, -0.1) is 0 Å². The van der Waals surface area contributed by atoms with E-state index in [-0.39, 0.29) is 0 Å². The normalized spacial score (nSPS) is 25.1. The van der Waals surface area contributed by atoms with Gasteiger partial charge in [-0.05, 0) is 37.5 Å². The summed E-state index contributed by atoms with van der Waals surface area (Å²) in [5.74, 6) is 0. The van der Waals surface area contributed by atoms with Crippen LogP contribution in [0.15, 0.2) is 24.3 Å². The molecule has 2 aliphatic rings. The Kier molecular flexibility index (Phi) is 4.05. The molecule has 0 spiro atoms. The van der Waals surface area contributed by atoms with Gasteiger partial charge in [0.2, 0.25) is 0 Å². The summed E-state index contributed by atoms with van der Waals surface area (Å²) < 4.78 is 0. The van der Waals surface area contributed by atoms with E-state index in [0.29, 0.717) is 6.04 Å². The highest BCUT2D eigenvalue weighted by atomic mass is 15.3. The Morgan fingerprint density at radius 2 is 2.15 bits per heavy atom. The maximum Gasteiger partial charge on any atom is 0.0991 e. The third-order valence-electron chi connectivity index (χ3n) is 4.83. The molecular weight excluding hydrogens is 246 g/mol. The largest absolute Gasteiger partial charge is 0.298 e. The number of nitrogens with zero attached hydrogens (tertiary/aromatic N) is 3. The summed E-state index contributed by atoms with van der Waals surface area (Å²) in [6.45, 7) is 6.85. The molecule has 0 amide bonds. The summed E-state index contributed by atoms with van der Waals surface area (Å²) >= 11 is 0. The van der Waals surface area contributed by atoms with Gasteiger partial charge in [0.25, 0.3) is 0 Å². The Labute approximate surface area is 121 Å². The van der Waals surface area contributed by atoms with E-state index in [1.54, 1.807) is 0 Å². The molecule has 3 rings (SSSR count). The van der Waals surface area contributed by atoms with Gasteiger partial charge in [0, 0.05) is 38.3 Å². The van der Waals surface area contributed by atoms with Crippen LogP contribution in [0.4, 0.5) is 0 Å². The summed E-state index contributed by atoms with van der Waals surface area (Å²) in [7, 11) is 0. The lowest BCUT2D eigenvalue weighted by Crippen LogP contribution is -2.55. The summed E-state index contributed by atoms with van der Waals surface area (Å²) in [5, 5.41) is 8.98. The molecule has 1 aromatic rings. The van der Waals surface area contributed by atoms with Gasteiger partial charge in [0.15, 0.2) is 0 Å². The van der Waals surface area contributed by atoms with Gasteiger partial charge in [-0.2, -0.15) is 5.26 Å². The Morgan fingerprint density at radius 3 is 2.80 bits per heavy atom. The standard InChI is InChI=1S/C17H23N3/c1-14-12-20(17-6-3-7-17)9-8-19(14)13-16-5-2-4-15(10-16)11-18/h2,4-5,10,14,17H,3,6-9,12-13H2,1H3. The molecule has 20 heavy (non-hydrogen) atoms. The quantitative estimate of drug-likeness (QED) is 0.845.